The maximum atomic E-state index is 12.5. The van der Waals surface area contributed by atoms with Crippen LogP contribution >= 0.6 is 23.1 Å². The molecule has 0 spiro atoms. The lowest BCUT2D eigenvalue weighted by Gasteiger charge is -2.13. The normalized spacial score (nSPS) is 11.1. The van der Waals surface area contributed by atoms with Crippen LogP contribution in [0.5, 0.6) is 5.75 Å². The molecule has 0 atom stereocenters. The van der Waals surface area contributed by atoms with Crippen molar-refractivity contribution in [2.75, 3.05) is 17.7 Å². The molecule has 0 aliphatic heterocycles. The van der Waals surface area contributed by atoms with Crippen molar-refractivity contribution in [1.29, 1.82) is 0 Å². The summed E-state index contributed by atoms with van der Waals surface area (Å²) >= 11 is 3.15. The highest BCUT2D eigenvalue weighted by molar-refractivity contribution is 7.99. The van der Waals surface area contributed by atoms with Crippen molar-refractivity contribution in [1.82, 2.24) is 14.8 Å². The van der Waals surface area contributed by atoms with E-state index >= 15 is 0 Å². The van der Waals surface area contributed by atoms with E-state index < -0.39 is 0 Å². The van der Waals surface area contributed by atoms with E-state index in [9.17, 15) is 4.79 Å². The van der Waals surface area contributed by atoms with Gasteiger partial charge in [0.1, 0.15) is 5.75 Å². The zero-order valence-corrected chi connectivity index (χ0v) is 19.5. The number of ether oxygens (including phenoxy) is 1. The Morgan fingerprint density at radius 1 is 1.27 bits per heavy atom. The van der Waals surface area contributed by atoms with Crippen LogP contribution < -0.4 is 10.1 Å². The zero-order valence-electron chi connectivity index (χ0n) is 17.8. The molecular weight excluding hydrogens is 416 g/mol. The Hall–Kier alpha value is -2.32. The first-order chi connectivity index (χ1) is 14.5. The van der Waals surface area contributed by atoms with Crippen molar-refractivity contribution < 1.29 is 9.53 Å². The molecule has 3 aromatic rings. The minimum Gasteiger partial charge on any atom is -0.492 e. The second-order valence-corrected chi connectivity index (χ2v) is 9.03. The molecule has 0 saturated heterocycles. The number of nitrogens with zero attached hydrogens (tertiary/aromatic N) is 3. The average molecular weight is 445 g/mol. The van der Waals surface area contributed by atoms with Gasteiger partial charge >= 0.3 is 0 Å². The summed E-state index contributed by atoms with van der Waals surface area (Å²) in [6.45, 7) is 8.86. The first kappa shape index (κ1) is 22.4. The lowest BCUT2D eigenvalue weighted by atomic mass is 10.2. The van der Waals surface area contributed by atoms with Gasteiger partial charge < -0.3 is 10.1 Å². The van der Waals surface area contributed by atoms with Gasteiger partial charge in [0.25, 0.3) is 0 Å². The number of hydrogen-bond acceptors (Lipinski definition) is 6. The van der Waals surface area contributed by atoms with Gasteiger partial charge in [-0.25, -0.2) is 0 Å². The number of aromatic nitrogens is 3. The summed E-state index contributed by atoms with van der Waals surface area (Å²) in [5.41, 5.74) is 1.77. The summed E-state index contributed by atoms with van der Waals surface area (Å²) in [5.74, 6) is 1.67. The van der Waals surface area contributed by atoms with Gasteiger partial charge in [-0.05, 0) is 45.4 Å². The molecule has 0 unspecified atom stereocenters. The molecule has 0 aliphatic carbocycles. The maximum absolute atomic E-state index is 12.5. The predicted octanol–water partition coefficient (Wildman–Crippen LogP) is 5.67. The number of amides is 1. The number of aryl methyl sites for hydroxylation is 1. The molecule has 0 saturated carbocycles. The van der Waals surface area contributed by atoms with Crippen LogP contribution in [0.15, 0.2) is 40.9 Å². The minimum atomic E-state index is -0.104. The van der Waals surface area contributed by atoms with E-state index in [4.69, 9.17) is 4.74 Å². The molecular formula is C22H28N4O2S2. The smallest absolute Gasteiger partial charge is 0.234 e. The van der Waals surface area contributed by atoms with Crippen LogP contribution in [0.3, 0.4) is 0 Å². The number of hydrogen-bond donors (Lipinski definition) is 1. The monoisotopic (exact) mass is 444 g/mol. The molecule has 1 aromatic carbocycles. The quantitative estimate of drug-likeness (QED) is 0.408. The minimum absolute atomic E-state index is 0.104. The Balaban J connectivity index is 1.71. The summed E-state index contributed by atoms with van der Waals surface area (Å²) in [5, 5.41) is 14.6. The van der Waals surface area contributed by atoms with Crippen molar-refractivity contribution in [2.45, 2.75) is 51.7 Å². The van der Waals surface area contributed by atoms with Crippen LogP contribution in [-0.4, -0.2) is 33.0 Å². The van der Waals surface area contributed by atoms with Gasteiger partial charge in [-0.15, -0.1) is 21.5 Å². The van der Waals surface area contributed by atoms with Gasteiger partial charge in [0.05, 0.1) is 18.0 Å². The number of anilines is 1. The molecule has 3 rings (SSSR count). The molecule has 160 valence electrons. The summed E-state index contributed by atoms with van der Waals surface area (Å²) in [7, 11) is 0. The fourth-order valence-corrected chi connectivity index (χ4v) is 4.92. The topological polar surface area (TPSA) is 69.0 Å². The number of thiophene rings is 1. The van der Waals surface area contributed by atoms with Crippen molar-refractivity contribution >= 4 is 34.7 Å². The largest absolute Gasteiger partial charge is 0.492 e. The Labute approximate surface area is 186 Å². The van der Waals surface area contributed by atoms with Gasteiger partial charge in [0.15, 0.2) is 11.0 Å². The van der Waals surface area contributed by atoms with Crippen LogP contribution in [-0.2, 0) is 11.2 Å². The number of carbonyl (C=O) groups is 1. The van der Waals surface area contributed by atoms with Gasteiger partial charge in [-0.3, -0.25) is 9.36 Å². The second kappa shape index (κ2) is 10.6. The van der Waals surface area contributed by atoms with Crippen LogP contribution in [0.25, 0.3) is 11.4 Å². The lowest BCUT2D eigenvalue weighted by molar-refractivity contribution is -0.113. The van der Waals surface area contributed by atoms with E-state index in [2.05, 4.69) is 52.3 Å². The first-order valence-corrected chi connectivity index (χ1v) is 12.1. The number of nitrogens with one attached hydrogen (secondary N) is 1. The van der Waals surface area contributed by atoms with E-state index in [1.54, 1.807) is 11.3 Å². The summed E-state index contributed by atoms with van der Waals surface area (Å²) in [4.78, 5) is 13.9. The molecule has 8 heteroatoms. The molecule has 2 heterocycles. The van der Waals surface area contributed by atoms with Gasteiger partial charge in [0, 0.05) is 21.9 Å². The van der Waals surface area contributed by atoms with E-state index in [-0.39, 0.29) is 17.7 Å². The Kier molecular flexibility index (Phi) is 7.93. The van der Waals surface area contributed by atoms with Crippen LogP contribution in [0.2, 0.25) is 0 Å². The standard InChI is InChI=1S/C22H28N4O2S2/c1-5-9-17-12-16(13-29-17)21-24-25-22(26(21)15(3)4)30-14-20(27)23-18-10-7-8-11-19(18)28-6-2/h7-8,10-13,15H,5-6,9,14H2,1-4H3,(H,23,27). The van der Waals surface area contributed by atoms with E-state index in [1.807, 2.05) is 31.2 Å². The number of para-hydroxylation sites is 2. The maximum Gasteiger partial charge on any atom is 0.234 e. The van der Waals surface area contributed by atoms with Gasteiger partial charge in [0.2, 0.25) is 5.91 Å². The van der Waals surface area contributed by atoms with E-state index in [1.165, 1.54) is 16.6 Å². The third kappa shape index (κ3) is 5.43. The highest BCUT2D eigenvalue weighted by atomic mass is 32.2. The number of rotatable bonds is 10. The average Bonchev–Trinajstić information content (AvgIpc) is 3.35. The lowest BCUT2D eigenvalue weighted by Crippen LogP contribution is -2.15. The molecule has 2 aromatic heterocycles. The third-order valence-electron chi connectivity index (χ3n) is 4.38. The highest BCUT2D eigenvalue weighted by Gasteiger charge is 2.19. The SMILES string of the molecule is CCCc1cc(-c2nnc(SCC(=O)Nc3ccccc3OCC)n2C(C)C)cs1. The number of carbonyl (C=O) groups excluding carboxylic acids is 1. The fraction of sp³-hybridized carbons (Fsp3) is 0.409. The molecule has 0 radical (unpaired) electrons. The van der Waals surface area contributed by atoms with Crippen molar-refractivity contribution in [2.24, 2.45) is 0 Å². The summed E-state index contributed by atoms with van der Waals surface area (Å²) in [6, 6.07) is 9.84. The number of benzene rings is 1. The first-order valence-electron chi connectivity index (χ1n) is 10.2. The van der Waals surface area contributed by atoms with Crippen molar-refractivity contribution in [3.05, 3.63) is 40.6 Å². The molecule has 0 aliphatic rings. The third-order valence-corrected chi connectivity index (χ3v) is 6.32. The van der Waals surface area contributed by atoms with Crippen LogP contribution in [0.1, 0.15) is 45.0 Å². The fourth-order valence-electron chi connectivity index (χ4n) is 3.08. The molecule has 0 bridgehead atoms. The summed E-state index contributed by atoms with van der Waals surface area (Å²) < 4.78 is 7.68. The van der Waals surface area contributed by atoms with Crippen molar-refractivity contribution in [3.8, 4) is 17.1 Å². The Morgan fingerprint density at radius 2 is 2.07 bits per heavy atom. The van der Waals surface area contributed by atoms with Crippen LogP contribution in [0.4, 0.5) is 5.69 Å². The summed E-state index contributed by atoms with van der Waals surface area (Å²) in [6.07, 6.45) is 2.20. The molecule has 1 amide bonds. The van der Waals surface area contributed by atoms with Gasteiger partial charge in [-0.1, -0.05) is 37.2 Å². The Morgan fingerprint density at radius 3 is 2.80 bits per heavy atom. The number of thioether (sulfide) groups is 1. The second-order valence-electron chi connectivity index (χ2n) is 7.09. The highest BCUT2D eigenvalue weighted by Crippen LogP contribution is 2.31. The van der Waals surface area contributed by atoms with Crippen LogP contribution in [0, 0.1) is 0 Å². The van der Waals surface area contributed by atoms with E-state index in [0.29, 0.717) is 18.0 Å². The van der Waals surface area contributed by atoms with E-state index in [0.717, 1.165) is 29.4 Å². The molecule has 6 nitrogen and oxygen atoms in total. The Bertz CT molecular complexity index is 981. The predicted molar refractivity (Wildman–Crippen MR) is 125 cm³/mol. The zero-order chi connectivity index (χ0) is 21.5. The van der Waals surface area contributed by atoms with Gasteiger partial charge in [-0.2, -0.15) is 0 Å². The van der Waals surface area contributed by atoms with Crippen molar-refractivity contribution in [3.63, 3.8) is 0 Å². The molecule has 30 heavy (non-hydrogen) atoms. The molecule has 0 fully saturated rings. The molecule has 1 N–H and O–H groups in total.